The monoisotopic (exact) mass is 280 g/mol. The lowest BCUT2D eigenvalue weighted by Gasteiger charge is -2.12. The highest BCUT2D eigenvalue weighted by Gasteiger charge is 2.45. The normalized spacial score (nSPS) is 17.9. The van der Waals surface area contributed by atoms with Gasteiger partial charge in [0.15, 0.2) is 0 Å². The molecule has 0 radical (unpaired) electrons. The van der Waals surface area contributed by atoms with Crippen molar-refractivity contribution in [3.63, 3.8) is 0 Å². The van der Waals surface area contributed by atoms with Crippen LogP contribution in [0.1, 0.15) is 37.3 Å². The topological polar surface area (TPSA) is 54.4 Å². The maximum Gasteiger partial charge on any atom is 0.303 e. The standard InChI is InChI=1S/C15H20O3S/c1-2-12-3-5-13(6-4-12)10-19(18)11-15(7-8-15)9-14(16)17/h3-6H,2,7-11H2,1H3,(H,16,17). The molecule has 0 aromatic heterocycles. The fourth-order valence-electron chi connectivity index (χ4n) is 2.32. The number of hydrogen-bond donors (Lipinski definition) is 1. The first-order valence-electron chi connectivity index (χ1n) is 6.68. The summed E-state index contributed by atoms with van der Waals surface area (Å²) in [5.41, 5.74) is 2.17. The zero-order valence-corrected chi connectivity index (χ0v) is 12.0. The summed E-state index contributed by atoms with van der Waals surface area (Å²) < 4.78 is 12.1. The molecule has 1 fully saturated rings. The summed E-state index contributed by atoms with van der Waals surface area (Å²) in [5.74, 6) is 0.280. The minimum Gasteiger partial charge on any atom is -0.481 e. The van der Waals surface area contributed by atoms with Crippen molar-refractivity contribution in [2.45, 2.75) is 38.4 Å². The zero-order chi connectivity index (χ0) is 13.9. The van der Waals surface area contributed by atoms with Crippen LogP contribution in [-0.4, -0.2) is 21.0 Å². The molecule has 1 aromatic rings. The van der Waals surface area contributed by atoms with E-state index in [1.54, 1.807) is 0 Å². The molecular weight excluding hydrogens is 260 g/mol. The Morgan fingerprint density at radius 1 is 1.26 bits per heavy atom. The van der Waals surface area contributed by atoms with Crippen LogP contribution in [0.3, 0.4) is 0 Å². The Balaban J connectivity index is 1.88. The van der Waals surface area contributed by atoms with Gasteiger partial charge in [-0.25, -0.2) is 0 Å². The van der Waals surface area contributed by atoms with Crippen LogP contribution in [0, 0.1) is 5.41 Å². The maximum atomic E-state index is 12.1. The summed E-state index contributed by atoms with van der Waals surface area (Å²) in [5, 5.41) is 8.85. The molecule has 104 valence electrons. The van der Waals surface area contributed by atoms with E-state index in [4.69, 9.17) is 5.11 Å². The molecular formula is C15H20O3S. The van der Waals surface area contributed by atoms with Crippen molar-refractivity contribution in [3.8, 4) is 0 Å². The van der Waals surface area contributed by atoms with Crippen molar-refractivity contribution < 1.29 is 14.1 Å². The predicted octanol–water partition coefficient (Wildman–Crippen LogP) is 2.75. The number of carboxylic acid groups (broad SMARTS) is 1. The third kappa shape index (κ3) is 4.16. The van der Waals surface area contributed by atoms with E-state index in [0.717, 1.165) is 24.8 Å². The van der Waals surface area contributed by atoms with Gasteiger partial charge in [-0.15, -0.1) is 0 Å². The van der Waals surface area contributed by atoms with Gasteiger partial charge in [-0.2, -0.15) is 0 Å². The molecule has 3 nitrogen and oxygen atoms in total. The van der Waals surface area contributed by atoms with Crippen molar-refractivity contribution >= 4 is 16.8 Å². The van der Waals surface area contributed by atoms with Crippen LogP contribution in [0.25, 0.3) is 0 Å². The Labute approximate surface area is 116 Å². The van der Waals surface area contributed by atoms with Crippen molar-refractivity contribution in [2.75, 3.05) is 5.75 Å². The third-order valence-electron chi connectivity index (χ3n) is 3.71. The van der Waals surface area contributed by atoms with Gasteiger partial charge in [-0.1, -0.05) is 31.2 Å². The summed E-state index contributed by atoms with van der Waals surface area (Å²) in [4.78, 5) is 10.8. The summed E-state index contributed by atoms with van der Waals surface area (Å²) in [7, 11) is -0.966. The van der Waals surface area contributed by atoms with E-state index in [1.165, 1.54) is 5.56 Å². The van der Waals surface area contributed by atoms with Crippen molar-refractivity contribution in [3.05, 3.63) is 35.4 Å². The summed E-state index contributed by atoms with van der Waals surface area (Å²) in [6.45, 7) is 2.11. The first-order valence-corrected chi connectivity index (χ1v) is 8.16. The van der Waals surface area contributed by atoms with E-state index < -0.39 is 16.8 Å². The Hall–Kier alpha value is -1.16. The number of aryl methyl sites for hydroxylation is 1. The Morgan fingerprint density at radius 2 is 1.84 bits per heavy atom. The van der Waals surface area contributed by atoms with Crippen molar-refractivity contribution in [2.24, 2.45) is 5.41 Å². The average molecular weight is 280 g/mol. The summed E-state index contributed by atoms with van der Waals surface area (Å²) >= 11 is 0. The molecule has 1 atom stereocenters. The number of hydrogen-bond acceptors (Lipinski definition) is 2. The first kappa shape index (κ1) is 14.3. The van der Waals surface area contributed by atoms with Gasteiger partial charge in [0.2, 0.25) is 0 Å². The van der Waals surface area contributed by atoms with E-state index in [-0.39, 0.29) is 11.8 Å². The van der Waals surface area contributed by atoms with Gasteiger partial charge in [-0.3, -0.25) is 9.00 Å². The van der Waals surface area contributed by atoms with Crippen LogP contribution in [0.4, 0.5) is 0 Å². The van der Waals surface area contributed by atoms with Crippen LogP contribution in [0.15, 0.2) is 24.3 Å². The Morgan fingerprint density at radius 3 is 2.32 bits per heavy atom. The molecule has 19 heavy (non-hydrogen) atoms. The van der Waals surface area contributed by atoms with Gasteiger partial charge in [0.1, 0.15) is 0 Å². The minimum absolute atomic E-state index is 0.160. The summed E-state index contributed by atoms with van der Waals surface area (Å²) in [6.07, 6.45) is 2.97. The fraction of sp³-hybridized carbons (Fsp3) is 0.533. The predicted molar refractivity (Wildman–Crippen MR) is 76.5 cm³/mol. The van der Waals surface area contributed by atoms with E-state index in [9.17, 15) is 9.00 Å². The van der Waals surface area contributed by atoms with Gasteiger partial charge >= 0.3 is 5.97 Å². The van der Waals surface area contributed by atoms with Gasteiger partial charge < -0.3 is 5.11 Å². The van der Waals surface area contributed by atoms with Crippen LogP contribution >= 0.6 is 0 Å². The number of carbonyl (C=O) groups is 1. The smallest absolute Gasteiger partial charge is 0.303 e. The third-order valence-corrected chi connectivity index (χ3v) is 5.30. The van der Waals surface area contributed by atoms with Crippen LogP contribution in [0.2, 0.25) is 0 Å². The largest absolute Gasteiger partial charge is 0.481 e. The molecule has 0 aliphatic heterocycles. The molecule has 1 aliphatic carbocycles. The molecule has 1 aromatic carbocycles. The molecule has 0 heterocycles. The molecule has 0 spiro atoms. The van der Waals surface area contributed by atoms with Crippen molar-refractivity contribution in [1.29, 1.82) is 0 Å². The Kier molecular flexibility index (Phi) is 4.40. The SMILES string of the molecule is CCc1ccc(CS(=O)CC2(CC(=O)O)CC2)cc1. The lowest BCUT2D eigenvalue weighted by molar-refractivity contribution is -0.138. The molecule has 0 amide bonds. The summed E-state index contributed by atoms with van der Waals surface area (Å²) in [6, 6.07) is 8.17. The molecule has 1 saturated carbocycles. The average Bonchev–Trinajstić information content (AvgIpc) is 3.08. The molecule has 1 N–H and O–H groups in total. The highest BCUT2D eigenvalue weighted by atomic mass is 32.2. The van der Waals surface area contributed by atoms with E-state index in [2.05, 4.69) is 19.1 Å². The quantitative estimate of drug-likeness (QED) is 0.835. The number of aliphatic carboxylic acids is 1. The second kappa shape index (κ2) is 5.87. The molecule has 0 bridgehead atoms. The van der Waals surface area contributed by atoms with E-state index >= 15 is 0 Å². The van der Waals surface area contributed by atoms with Crippen molar-refractivity contribution in [1.82, 2.24) is 0 Å². The molecule has 1 unspecified atom stereocenters. The molecule has 2 rings (SSSR count). The van der Waals surface area contributed by atoms with Crippen LogP contribution < -0.4 is 0 Å². The van der Waals surface area contributed by atoms with Crippen LogP contribution in [-0.2, 0) is 27.8 Å². The van der Waals surface area contributed by atoms with Crippen LogP contribution in [0.5, 0.6) is 0 Å². The van der Waals surface area contributed by atoms with Gasteiger partial charge in [0.25, 0.3) is 0 Å². The number of benzene rings is 1. The second-order valence-corrected chi connectivity index (χ2v) is 6.93. The molecule has 0 saturated heterocycles. The highest BCUT2D eigenvalue weighted by molar-refractivity contribution is 7.84. The van der Waals surface area contributed by atoms with Gasteiger partial charge in [-0.05, 0) is 35.8 Å². The van der Waals surface area contributed by atoms with E-state index in [0.29, 0.717) is 11.5 Å². The zero-order valence-electron chi connectivity index (χ0n) is 11.2. The van der Waals surface area contributed by atoms with Gasteiger partial charge in [0.05, 0.1) is 6.42 Å². The lowest BCUT2D eigenvalue weighted by atomic mass is 10.1. The highest BCUT2D eigenvalue weighted by Crippen LogP contribution is 2.49. The van der Waals surface area contributed by atoms with E-state index in [1.807, 2.05) is 12.1 Å². The second-order valence-electron chi connectivity index (χ2n) is 5.47. The lowest BCUT2D eigenvalue weighted by Crippen LogP contribution is -2.17. The first-order chi connectivity index (χ1) is 9.03. The van der Waals surface area contributed by atoms with Gasteiger partial charge in [0, 0.05) is 22.3 Å². The fourth-order valence-corrected chi connectivity index (χ4v) is 4.06. The molecule has 4 heteroatoms. The molecule has 1 aliphatic rings. The number of rotatable bonds is 7. The Bertz CT molecular complexity index is 475. The minimum atomic E-state index is -0.966. The maximum absolute atomic E-state index is 12.1. The number of carboxylic acids is 1.